The highest BCUT2D eigenvalue weighted by Crippen LogP contribution is 2.33. The van der Waals surface area contributed by atoms with E-state index in [9.17, 15) is 27.2 Å². The van der Waals surface area contributed by atoms with E-state index in [1.54, 1.807) is 0 Å². The van der Waals surface area contributed by atoms with Gasteiger partial charge in [-0.1, -0.05) is 90.0 Å². The van der Waals surface area contributed by atoms with Gasteiger partial charge in [-0.05, 0) is 18.6 Å². The Hall–Kier alpha value is -2.12. The summed E-state index contributed by atoms with van der Waals surface area (Å²) in [5.41, 5.74) is -1.93. The zero-order chi connectivity index (χ0) is 25.9. The predicted octanol–water partition coefficient (Wildman–Crippen LogP) is 8.30. The summed E-state index contributed by atoms with van der Waals surface area (Å²) in [6, 6.07) is 2.53. The Bertz CT molecular complexity index is 734. The highest BCUT2D eigenvalue weighted by atomic mass is 19.4. The molecule has 4 nitrogen and oxygen atoms in total. The summed E-state index contributed by atoms with van der Waals surface area (Å²) in [6.45, 7) is 1.65. The quantitative estimate of drug-likeness (QED) is 0.108. The summed E-state index contributed by atoms with van der Waals surface area (Å²) in [7, 11) is 0. The first kappa shape index (κ1) is 30.9. The summed E-state index contributed by atoms with van der Waals surface area (Å²) < 4.78 is 62.4. The van der Waals surface area contributed by atoms with Crippen LogP contribution in [-0.2, 0) is 31.8 Å². The van der Waals surface area contributed by atoms with Crippen molar-refractivity contribution in [3.05, 3.63) is 35.1 Å². The average Bonchev–Trinajstić information content (AvgIpc) is 2.81. The maximum Gasteiger partial charge on any atom is 0.416 e. The number of rotatable bonds is 19. The van der Waals surface area contributed by atoms with E-state index in [1.165, 1.54) is 64.2 Å². The van der Waals surface area contributed by atoms with Gasteiger partial charge in [-0.3, -0.25) is 9.59 Å². The van der Waals surface area contributed by atoms with E-state index in [-0.39, 0.29) is 19.4 Å². The van der Waals surface area contributed by atoms with Crippen molar-refractivity contribution in [2.45, 2.75) is 116 Å². The molecule has 0 radical (unpaired) electrons. The molecule has 8 heteroatoms. The average molecular weight is 505 g/mol. The van der Waals surface area contributed by atoms with Gasteiger partial charge in [0.15, 0.2) is 0 Å². The first-order chi connectivity index (χ1) is 16.8. The maximum atomic E-state index is 13.7. The third kappa shape index (κ3) is 14.8. The van der Waals surface area contributed by atoms with Crippen LogP contribution in [0.4, 0.5) is 17.6 Å². The molecule has 0 N–H and O–H groups in total. The Morgan fingerprint density at radius 2 is 1.23 bits per heavy atom. The van der Waals surface area contributed by atoms with Crippen LogP contribution in [0.2, 0.25) is 0 Å². The van der Waals surface area contributed by atoms with E-state index < -0.39 is 41.7 Å². The van der Waals surface area contributed by atoms with E-state index in [0.29, 0.717) is 0 Å². The molecule has 35 heavy (non-hydrogen) atoms. The third-order valence-electron chi connectivity index (χ3n) is 5.85. The van der Waals surface area contributed by atoms with Gasteiger partial charge in [0.1, 0.15) is 12.4 Å². The molecular formula is C27H40F4O4. The number of unbranched alkanes of at least 4 members (excludes halogenated alkanes) is 12. The number of esters is 2. The highest BCUT2D eigenvalue weighted by molar-refractivity contribution is 5.77. The number of ether oxygens (including phenoxy) is 2. The second-order valence-corrected chi connectivity index (χ2v) is 8.89. The van der Waals surface area contributed by atoms with Crippen LogP contribution in [0.25, 0.3) is 0 Å². The molecule has 0 atom stereocenters. The van der Waals surface area contributed by atoms with Crippen molar-refractivity contribution in [1.82, 2.24) is 0 Å². The topological polar surface area (TPSA) is 52.6 Å². The van der Waals surface area contributed by atoms with Gasteiger partial charge < -0.3 is 9.47 Å². The van der Waals surface area contributed by atoms with Gasteiger partial charge in [-0.25, -0.2) is 4.39 Å². The fourth-order valence-electron chi connectivity index (χ4n) is 3.78. The zero-order valence-corrected chi connectivity index (χ0v) is 20.9. The van der Waals surface area contributed by atoms with E-state index >= 15 is 0 Å². The Labute approximate surface area is 206 Å². The fraction of sp³-hybridized carbons (Fsp3) is 0.704. The molecule has 0 amide bonds. The van der Waals surface area contributed by atoms with Crippen molar-refractivity contribution in [2.24, 2.45) is 0 Å². The van der Waals surface area contributed by atoms with Gasteiger partial charge in [-0.2, -0.15) is 13.2 Å². The molecule has 1 aromatic carbocycles. The lowest BCUT2D eigenvalue weighted by Crippen LogP contribution is -2.15. The molecule has 0 aliphatic rings. The van der Waals surface area contributed by atoms with Crippen molar-refractivity contribution in [2.75, 3.05) is 6.61 Å². The number of carbonyl (C=O) groups excluding carboxylic acids is 2. The number of hydrogen-bond acceptors (Lipinski definition) is 4. The molecule has 0 fully saturated rings. The second kappa shape index (κ2) is 18.2. The molecule has 0 bridgehead atoms. The standard InChI is InChI=1S/C27H40F4O4/c1-2-3-4-5-6-7-8-9-10-11-12-13-14-20-34-25(32)18-19-26(33)35-21-22-23(27(29,30)31)16-15-17-24(22)28/h15-17H,2-14,18-21H2,1H3. The lowest BCUT2D eigenvalue weighted by atomic mass is 10.0. The van der Waals surface area contributed by atoms with Gasteiger partial charge in [0.25, 0.3) is 0 Å². The van der Waals surface area contributed by atoms with Crippen LogP contribution < -0.4 is 0 Å². The molecule has 0 saturated heterocycles. The lowest BCUT2D eigenvalue weighted by Gasteiger charge is -2.13. The molecule has 0 heterocycles. The van der Waals surface area contributed by atoms with Gasteiger partial charge in [-0.15, -0.1) is 0 Å². The van der Waals surface area contributed by atoms with Crippen LogP contribution >= 0.6 is 0 Å². The molecule has 1 aromatic rings. The zero-order valence-electron chi connectivity index (χ0n) is 20.9. The van der Waals surface area contributed by atoms with Crippen molar-refractivity contribution < 1.29 is 36.6 Å². The lowest BCUT2D eigenvalue weighted by molar-refractivity contribution is -0.152. The van der Waals surface area contributed by atoms with E-state index in [0.717, 1.165) is 37.5 Å². The van der Waals surface area contributed by atoms with Crippen LogP contribution in [0.15, 0.2) is 18.2 Å². The van der Waals surface area contributed by atoms with Gasteiger partial charge in [0, 0.05) is 5.56 Å². The van der Waals surface area contributed by atoms with Crippen LogP contribution in [-0.4, -0.2) is 18.5 Å². The van der Waals surface area contributed by atoms with Crippen LogP contribution in [0.1, 0.15) is 114 Å². The number of benzene rings is 1. The summed E-state index contributed by atoms with van der Waals surface area (Å²) in [5.74, 6) is -2.56. The van der Waals surface area contributed by atoms with Crippen molar-refractivity contribution >= 4 is 11.9 Å². The van der Waals surface area contributed by atoms with Crippen molar-refractivity contribution in [1.29, 1.82) is 0 Å². The fourth-order valence-corrected chi connectivity index (χ4v) is 3.78. The Morgan fingerprint density at radius 1 is 0.743 bits per heavy atom. The SMILES string of the molecule is CCCCCCCCCCCCCCCOC(=O)CCC(=O)OCc1c(F)cccc1C(F)(F)F. The van der Waals surface area contributed by atoms with E-state index in [1.807, 2.05) is 0 Å². The number of alkyl halides is 3. The molecule has 0 spiro atoms. The Kier molecular flexibility index (Phi) is 16.1. The summed E-state index contributed by atoms with van der Waals surface area (Å²) in [5, 5.41) is 0. The van der Waals surface area contributed by atoms with Crippen molar-refractivity contribution in [3.8, 4) is 0 Å². The summed E-state index contributed by atoms with van der Waals surface area (Å²) in [4.78, 5) is 23.5. The molecule has 0 aliphatic heterocycles. The second-order valence-electron chi connectivity index (χ2n) is 8.89. The molecule has 0 aromatic heterocycles. The maximum absolute atomic E-state index is 13.7. The molecule has 0 unspecified atom stereocenters. The summed E-state index contributed by atoms with van der Waals surface area (Å²) >= 11 is 0. The molecular weight excluding hydrogens is 464 g/mol. The number of halogens is 4. The van der Waals surface area contributed by atoms with Gasteiger partial charge in [0.05, 0.1) is 25.0 Å². The molecule has 0 saturated carbocycles. The smallest absolute Gasteiger partial charge is 0.416 e. The minimum Gasteiger partial charge on any atom is -0.466 e. The predicted molar refractivity (Wildman–Crippen MR) is 127 cm³/mol. The molecule has 200 valence electrons. The molecule has 1 rings (SSSR count). The van der Waals surface area contributed by atoms with Crippen LogP contribution in [0, 0.1) is 5.82 Å². The first-order valence-corrected chi connectivity index (χ1v) is 12.9. The minimum absolute atomic E-state index is 0.235. The third-order valence-corrected chi connectivity index (χ3v) is 5.85. The largest absolute Gasteiger partial charge is 0.466 e. The van der Waals surface area contributed by atoms with Crippen LogP contribution in [0.5, 0.6) is 0 Å². The highest BCUT2D eigenvalue weighted by Gasteiger charge is 2.34. The molecule has 0 aliphatic carbocycles. The van der Waals surface area contributed by atoms with E-state index in [2.05, 4.69) is 6.92 Å². The van der Waals surface area contributed by atoms with Gasteiger partial charge in [0.2, 0.25) is 0 Å². The van der Waals surface area contributed by atoms with Crippen molar-refractivity contribution in [3.63, 3.8) is 0 Å². The van der Waals surface area contributed by atoms with Crippen LogP contribution in [0.3, 0.4) is 0 Å². The monoisotopic (exact) mass is 504 g/mol. The minimum atomic E-state index is -4.76. The normalized spacial score (nSPS) is 11.5. The number of carbonyl (C=O) groups is 2. The Morgan fingerprint density at radius 3 is 1.74 bits per heavy atom. The van der Waals surface area contributed by atoms with E-state index in [4.69, 9.17) is 9.47 Å². The first-order valence-electron chi connectivity index (χ1n) is 12.9. The van der Waals surface area contributed by atoms with Gasteiger partial charge >= 0.3 is 18.1 Å². The Balaban J connectivity index is 2.04. The number of hydrogen-bond donors (Lipinski definition) is 0. The summed E-state index contributed by atoms with van der Waals surface area (Å²) in [6.07, 6.45) is 10.4.